The lowest BCUT2D eigenvalue weighted by Crippen LogP contribution is -2.14. The van der Waals surface area contributed by atoms with E-state index >= 15 is 0 Å². The zero-order valence-electron chi connectivity index (χ0n) is 18.2. The van der Waals surface area contributed by atoms with Crippen molar-refractivity contribution in [3.05, 3.63) is 99.1 Å². The van der Waals surface area contributed by atoms with E-state index in [9.17, 15) is 28.6 Å². The number of benzene rings is 3. The standard InChI is InChI=1S/C24H19N3O6S/c1-16-6-10-22(11-7-16)34(31,32)33-21-5-3-4-18(13-21)12-19(15-25)24(28)26-23-14-20(27(29)30)9-8-17(23)2/h3-14H,1-2H3,(H,26,28)/b19-12+. The second-order valence-electron chi connectivity index (χ2n) is 7.30. The minimum Gasteiger partial charge on any atom is -0.379 e. The predicted molar refractivity (Wildman–Crippen MR) is 125 cm³/mol. The van der Waals surface area contributed by atoms with E-state index in [0.29, 0.717) is 11.1 Å². The van der Waals surface area contributed by atoms with E-state index in [1.165, 1.54) is 54.6 Å². The number of nitro benzene ring substituents is 1. The van der Waals surface area contributed by atoms with E-state index in [1.807, 2.05) is 6.92 Å². The molecule has 0 heterocycles. The number of hydrogen-bond acceptors (Lipinski definition) is 7. The van der Waals surface area contributed by atoms with Crippen LogP contribution in [0.25, 0.3) is 6.08 Å². The Hall–Kier alpha value is -4.49. The number of carbonyl (C=O) groups is 1. The number of nitriles is 1. The van der Waals surface area contributed by atoms with Crippen LogP contribution in [0, 0.1) is 35.3 Å². The summed E-state index contributed by atoms with van der Waals surface area (Å²) in [6.45, 7) is 3.49. The average molecular weight is 477 g/mol. The summed E-state index contributed by atoms with van der Waals surface area (Å²) in [5.74, 6) is -0.772. The van der Waals surface area contributed by atoms with E-state index in [0.717, 1.165) is 5.56 Å². The molecule has 1 amide bonds. The number of nitrogens with one attached hydrogen (secondary N) is 1. The number of nitro groups is 1. The molecule has 0 atom stereocenters. The largest absolute Gasteiger partial charge is 0.379 e. The number of aryl methyl sites for hydroxylation is 2. The molecule has 0 spiro atoms. The zero-order valence-corrected chi connectivity index (χ0v) is 19.0. The van der Waals surface area contributed by atoms with E-state index in [1.54, 1.807) is 31.2 Å². The first-order chi connectivity index (χ1) is 16.1. The molecule has 0 saturated heterocycles. The highest BCUT2D eigenvalue weighted by atomic mass is 32.2. The van der Waals surface area contributed by atoms with Gasteiger partial charge in [0, 0.05) is 12.1 Å². The molecular weight excluding hydrogens is 458 g/mol. The Labute approximate surface area is 196 Å². The molecule has 0 aliphatic heterocycles. The highest BCUT2D eigenvalue weighted by Gasteiger charge is 2.17. The second-order valence-corrected chi connectivity index (χ2v) is 8.85. The summed E-state index contributed by atoms with van der Waals surface area (Å²) in [5, 5.41) is 22.9. The highest BCUT2D eigenvalue weighted by Crippen LogP contribution is 2.24. The Bertz CT molecular complexity index is 1440. The fraction of sp³-hybridized carbons (Fsp3) is 0.0833. The number of anilines is 1. The number of rotatable bonds is 7. The summed E-state index contributed by atoms with van der Waals surface area (Å²) >= 11 is 0. The molecule has 0 aliphatic carbocycles. The molecule has 0 aromatic heterocycles. The van der Waals surface area contributed by atoms with Gasteiger partial charge in [-0.3, -0.25) is 14.9 Å². The SMILES string of the molecule is Cc1ccc(S(=O)(=O)Oc2cccc(/C=C(\C#N)C(=O)Nc3cc([N+](=O)[O-])ccc3C)c2)cc1. The fourth-order valence-electron chi connectivity index (χ4n) is 2.90. The van der Waals surface area contributed by atoms with E-state index in [2.05, 4.69) is 5.32 Å². The number of nitrogens with zero attached hydrogens (tertiary/aromatic N) is 2. The lowest BCUT2D eigenvalue weighted by atomic mass is 10.1. The van der Waals surface area contributed by atoms with Crippen molar-refractivity contribution in [2.75, 3.05) is 5.32 Å². The molecule has 0 saturated carbocycles. The molecule has 0 radical (unpaired) electrons. The topological polar surface area (TPSA) is 139 Å². The lowest BCUT2D eigenvalue weighted by Gasteiger charge is -2.09. The first-order valence-electron chi connectivity index (χ1n) is 9.88. The van der Waals surface area contributed by atoms with Gasteiger partial charge < -0.3 is 9.50 Å². The third-order valence-corrected chi connectivity index (χ3v) is 5.99. The maximum atomic E-state index is 12.6. The molecule has 0 unspecified atom stereocenters. The van der Waals surface area contributed by atoms with Crippen LogP contribution in [0.15, 0.2) is 77.2 Å². The molecule has 3 aromatic rings. The van der Waals surface area contributed by atoms with Crippen molar-refractivity contribution in [1.29, 1.82) is 5.26 Å². The Balaban J connectivity index is 1.83. The molecule has 3 aromatic carbocycles. The van der Waals surface area contributed by atoms with Gasteiger partial charge in [0.2, 0.25) is 0 Å². The molecule has 172 valence electrons. The molecule has 34 heavy (non-hydrogen) atoms. The van der Waals surface area contributed by atoms with Gasteiger partial charge in [-0.15, -0.1) is 0 Å². The Kier molecular flexibility index (Phi) is 7.09. The van der Waals surface area contributed by atoms with Gasteiger partial charge >= 0.3 is 10.1 Å². The van der Waals surface area contributed by atoms with Crippen molar-refractivity contribution in [2.24, 2.45) is 0 Å². The first kappa shape index (κ1) is 24.2. The molecule has 3 rings (SSSR count). The van der Waals surface area contributed by atoms with Crippen LogP contribution >= 0.6 is 0 Å². The number of amides is 1. The number of non-ortho nitro benzene ring substituents is 1. The summed E-state index contributed by atoms with van der Waals surface area (Å²) in [4.78, 5) is 23.0. The monoisotopic (exact) mass is 477 g/mol. The third-order valence-electron chi connectivity index (χ3n) is 4.73. The summed E-state index contributed by atoms with van der Waals surface area (Å²) < 4.78 is 30.2. The molecule has 0 bridgehead atoms. The molecule has 9 nitrogen and oxygen atoms in total. The second kappa shape index (κ2) is 9.97. The maximum Gasteiger partial charge on any atom is 0.339 e. The molecule has 0 aliphatic rings. The van der Waals surface area contributed by atoms with Gasteiger partial charge in [0.1, 0.15) is 22.3 Å². The van der Waals surface area contributed by atoms with Gasteiger partial charge in [-0.05, 0) is 55.3 Å². The Morgan fingerprint density at radius 3 is 2.44 bits per heavy atom. The fourth-order valence-corrected chi connectivity index (χ4v) is 3.82. The molecule has 1 N–H and O–H groups in total. The highest BCUT2D eigenvalue weighted by molar-refractivity contribution is 7.87. The summed E-state index contributed by atoms with van der Waals surface area (Å²) in [5.41, 5.74) is 1.52. The number of hydrogen-bond donors (Lipinski definition) is 1. The number of carbonyl (C=O) groups excluding carboxylic acids is 1. The van der Waals surface area contributed by atoms with Gasteiger partial charge in [-0.1, -0.05) is 35.9 Å². The van der Waals surface area contributed by atoms with Crippen molar-refractivity contribution >= 4 is 33.5 Å². The van der Waals surface area contributed by atoms with Crippen LogP contribution in [0.1, 0.15) is 16.7 Å². The van der Waals surface area contributed by atoms with E-state index in [-0.39, 0.29) is 27.6 Å². The van der Waals surface area contributed by atoms with Gasteiger partial charge in [-0.25, -0.2) is 0 Å². The van der Waals surface area contributed by atoms with Crippen LogP contribution < -0.4 is 9.50 Å². The Morgan fingerprint density at radius 1 is 1.09 bits per heavy atom. The third kappa shape index (κ3) is 5.85. The quantitative estimate of drug-likeness (QED) is 0.173. The van der Waals surface area contributed by atoms with Crippen molar-refractivity contribution in [3.8, 4) is 11.8 Å². The van der Waals surface area contributed by atoms with Crippen molar-refractivity contribution in [2.45, 2.75) is 18.7 Å². The molecular formula is C24H19N3O6S. The van der Waals surface area contributed by atoms with Crippen molar-refractivity contribution < 1.29 is 22.3 Å². The van der Waals surface area contributed by atoms with Crippen LogP contribution in [-0.4, -0.2) is 19.2 Å². The maximum absolute atomic E-state index is 12.6. The van der Waals surface area contributed by atoms with Crippen LogP contribution in [0.4, 0.5) is 11.4 Å². The summed E-state index contributed by atoms with van der Waals surface area (Å²) in [6, 6.07) is 17.8. The Morgan fingerprint density at radius 2 is 1.79 bits per heavy atom. The van der Waals surface area contributed by atoms with Gasteiger partial charge in [-0.2, -0.15) is 13.7 Å². The van der Waals surface area contributed by atoms with E-state index in [4.69, 9.17) is 4.18 Å². The predicted octanol–water partition coefficient (Wildman–Crippen LogP) is 4.53. The lowest BCUT2D eigenvalue weighted by molar-refractivity contribution is -0.384. The van der Waals surface area contributed by atoms with Gasteiger partial charge in [0.25, 0.3) is 11.6 Å². The normalized spacial score (nSPS) is 11.4. The molecule has 0 fully saturated rings. The van der Waals surface area contributed by atoms with Gasteiger partial charge in [0.05, 0.1) is 10.6 Å². The van der Waals surface area contributed by atoms with Gasteiger partial charge in [0.15, 0.2) is 0 Å². The van der Waals surface area contributed by atoms with Crippen molar-refractivity contribution in [1.82, 2.24) is 0 Å². The average Bonchev–Trinajstić information content (AvgIpc) is 2.79. The van der Waals surface area contributed by atoms with Crippen LogP contribution in [-0.2, 0) is 14.9 Å². The molecule has 10 heteroatoms. The summed E-state index contributed by atoms with van der Waals surface area (Å²) in [7, 11) is -4.07. The van der Waals surface area contributed by atoms with Crippen LogP contribution in [0.2, 0.25) is 0 Å². The minimum absolute atomic E-state index is 0.00144. The zero-order chi connectivity index (χ0) is 24.9. The van der Waals surface area contributed by atoms with Crippen molar-refractivity contribution in [3.63, 3.8) is 0 Å². The smallest absolute Gasteiger partial charge is 0.339 e. The van der Waals surface area contributed by atoms with Crippen LogP contribution in [0.3, 0.4) is 0 Å². The first-order valence-corrected chi connectivity index (χ1v) is 11.3. The minimum atomic E-state index is -4.07. The van der Waals surface area contributed by atoms with Crippen LogP contribution in [0.5, 0.6) is 5.75 Å². The summed E-state index contributed by atoms with van der Waals surface area (Å²) in [6.07, 6.45) is 1.26. The van der Waals surface area contributed by atoms with E-state index < -0.39 is 20.9 Å².